The van der Waals surface area contributed by atoms with E-state index in [-0.39, 0.29) is 11.0 Å². The summed E-state index contributed by atoms with van der Waals surface area (Å²) < 4.78 is 0. The molecule has 5 heteroatoms. The van der Waals surface area contributed by atoms with E-state index in [9.17, 15) is 9.59 Å². The van der Waals surface area contributed by atoms with E-state index in [4.69, 9.17) is 11.5 Å². The molecular weight excluding hydrogens is 184 g/mol. The lowest BCUT2D eigenvalue weighted by atomic mass is 10.3. The van der Waals surface area contributed by atoms with Crippen LogP contribution < -0.4 is 11.5 Å². The van der Waals surface area contributed by atoms with E-state index in [0.29, 0.717) is 11.1 Å². The minimum atomic E-state index is -0.435. The van der Waals surface area contributed by atoms with Crippen molar-refractivity contribution < 1.29 is 9.59 Å². The van der Waals surface area contributed by atoms with Gasteiger partial charge in [-0.2, -0.15) is 0 Å². The number of carbonyl (C=O) groups is 2. The van der Waals surface area contributed by atoms with Crippen LogP contribution in [0, 0.1) is 0 Å². The van der Waals surface area contributed by atoms with E-state index in [1.54, 1.807) is 13.8 Å². The maximum atomic E-state index is 9.82. The van der Waals surface area contributed by atoms with Crippen molar-refractivity contribution >= 4 is 22.8 Å². The number of hydrogen-bond donors (Lipinski definition) is 2. The molecule has 0 rings (SSSR count). The second kappa shape index (κ2) is 8.73. The van der Waals surface area contributed by atoms with E-state index in [0.717, 1.165) is 0 Å². The fraction of sp³-hybridized carbons (Fsp3) is 0.250. The molecule has 0 aliphatic carbocycles. The molecule has 0 aliphatic rings. The Morgan fingerprint density at radius 1 is 0.923 bits per heavy atom. The molecule has 0 saturated heterocycles. The van der Waals surface area contributed by atoms with E-state index in [2.05, 4.69) is 13.2 Å². The van der Waals surface area contributed by atoms with Gasteiger partial charge in [-0.05, 0) is 24.8 Å². The molecule has 0 aromatic rings. The van der Waals surface area contributed by atoms with E-state index in [1.165, 1.54) is 0 Å². The molecular formula is C8H18N2O2Si. The molecule has 2 amide bonds. The highest BCUT2D eigenvalue weighted by atomic mass is 28.1. The Morgan fingerprint density at radius 2 is 1.00 bits per heavy atom. The van der Waals surface area contributed by atoms with Gasteiger partial charge >= 0.3 is 0 Å². The molecule has 0 bridgehead atoms. The van der Waals surface area contributed by atoms with Crippen molar-refractivity contribution in [3.63, 3.8) is 0 Å². The van der Waals surface area contributed by atoms with Crippen molar-refractivity contribution in [2.45, 2.75) is 13.8 Å². The summed E-state index contributed by atoms with van der Waals surface area (Å²) in [6, 6.07) is 0. The maximum absolute atomic E-state index is 9.82. The fourth-order valence-electron chi connectivity index (χ4n) is 0. The van der Waals surface area contributed by atoms with Gasteiger partial charge in [0.25, 0.3) is 0 Å². The molecule has 0 radical (unpaired) electrons. The predicted molar refractivity (Wildman–Crippen MR) is 59.4 cm³/mol. The Morgan fingerprint density at radius 3 is 1.00 bits per heavy atom. The lowest BCUT2D eigenvalue weighted by Crippen LogP contribution is -2.10. The molecule has 0 aliphatic heterocycles. The van der Waals surface area contributed by atoms with Crippen molar-refractivity contribution in [3.05, 3.63) is 24.3 Å². The molecule has 4 N–H and O–H groups in total. The Bertz CT molecular complexity index is 176. The summed E-state index contributed by atoms with van der Waals surface area (Å²) in [5.74, 6) is -0.870. The summed E-state index contributed by atoms with van der Waals surface area (Å²) in [7, 11) is 0. The van der Waals surface area contributed by atoms with Gasteiger partial charge < -0.3 is 11.5 Å². The van der Waals surface area contributed by atoms with Crippen LogP contribution in [0.15, 0.2) is 24.3 Å². The van der Waals surface area contributed by atoms with Gasteiger partial charge in [-0.25, -0.2) is 0 Å². The van der Waals surface area contributed by atoms with Gasteiger partial charge in [0, 0.05) is 11.1 Å². The SMILES string of the molecule is C=C(C)C(N)=O.C=C(C)C(N)=O.[SiH4]. The number of nitrogens with two attached hydrogens (primary N) is 2. The Balaban J connectivity index is -0.000000143. The Hall–Kier alpha value is -1.36. The first kappa shape index (κ1) is 17.7. The lowest BCUT2D eigenvalue weighted by Gasteiger charge is -1.81. The van der Waals surface area contributed by atoms with Gasteiger partial charge in [0.05, 0.1) is 0 Å². The average Bonchev–Trinajstić information content (AvgIpc) is 1.88. The van der Waals surface area contributed by atoms with Crippen LogP contribution in [0.1, 0.15) is 13.8 Å². The highest BCUT2D eigenvalue weighted by molar-refractivity contribution is 5.90. The van der Waals surface area contributed by atoms with Crippen LogP contribution in [0.3, 0.4) is 0 Å². The van der Waals surface area contributed by atoms with Crippen LogP contribution in [0.25, 0.3) is 0 Å². The zero-order valence-electron chi connectivity index (χ0n) is 7.39. The van der Waals surface area contributed by atoms with Gasteiger partial charge in [-0.15, -0.1) is 0 Å². The van der Waals surface area contributed by atoms with Crippen LogP contribution in [-0.4, -0.2) is 22.8 Å². The molecule has 0 unspecified atom stereocenters. The minimum absolute atomic E-state index is 0. The first-order valence-corrected chi connectivity index (χ1v) is 3.19. The van der Waals surface area contributed by atoms with Gasteiger partial charge in [-0.1, -0.05) is 13.2 Å². The summed E-state index contributed by atoms with van der Waals surface area (Å²) in [6.45, 7) is 9.70. The Labute approximate surface area is 82.7 Å². The number of rotatable bonds is 2. The number of amides is 2. The van der Waals surface area contributed by atoms with E-state index < -0.39 is 11.8 Å². The van der Waals surface area contributed by atoms with Crippen molar-refractivity contribution in [1.29, 1.82) is 0 Å². The summed E-state index contributed by atoms with van der Waals surface area (Å²) in [5.41, 5.74) is 10.2. The van der Waals surface area contributed by atoms with Crippen molar-refractivity contribution in [2.75, 3.05) is 0 Å². The van der Waals surface area contributed by atoms with Gasteiger partial charge in [-0.3, -0.25) is 9.59 Å². The maximum Gasteiger partial charge on any atom is 0.243 e. The normalized spacial score (nSPS) is 6.92. The van der Waals surface area contributed by atoms with Crippen molar-refractivity contribution in [3.8, 4) is 0 Å². The molecule has 0 heterocycles. The van der Waals surface area contributed by atoms with Crippen LogP contribution in [-0.2, 0) is 9.59 Å². The third-order valence-electron chi connectivity index (χ3n) is 0.841. The number of hydrogen-bond acceptors (Lipinski definition) is 2. The molecule has 0 aromatic heterocycles. The van der Waals surface area contributed by atoms with E-state index in [1.807, 2.05) is 0 Å². The van der Waals surface area contributed by atoms with Crippen LogP contribution >= 0.6 is 0 Å². The molecule has 76 valence electrons. The molecule has 0 fully saturated rings. The molecule has 0 saturated carbocycles. The van der Waals surface area contributed by atoms with Crippen molar-refractivity contribution in [2.24, 2.45) is 11.5 Å². The first-order valence-electron chi connectivity index (χ1n) is 3.19. The third-order valence-corrected chi connectivity index (χ3v) is 0.841. The first-order chi connectivity index (χ1) is 5.29. The second-order valence-electron chi connectivity index (χ2n) is 2.29. The second-order valence-corrected chi connectivity index (χ2v) is 2.29. The van der Waals surface area contributed by atoms with Gasteiger partial charge in [0.1, 0.15) is 0 Å². The highest BCUT2D eigenvalue weighted by Gasteiger charge is 1.87. The summed E-state index contributed by atoms with van der Waals surface area (Å²) in [5, 5.41) is 0. The van der Waals surface area contributed by atoms with Gasteiger partial charge in [0.15, 0.2) is 0 Å². The topological polar surface area (TPSA) is 86.2 Å². The molecule has 4 nitrogen and oxygen atoms in total. The number of primary amides is 2. The summed E-state index contributed by atoms with van der Waals surface area (Å²) >= 11 is 0. The summed E-state index contributed by atoms with van der Waals surface area (Å²) in [4.78, 5) is 19.6. The average molecular weight is 202 g/mol. The predicted octanol–water partition coefficient (Wildman–Crippen LogP) is -1.36. The molecule has 0 atom stereocenters. The molecule has 0 spiro atoms. The smallest absolute Gasteiger partial charge is 0.243 e. The third kappa shape index (κ3) is 18.0. The standard InChI is InChI=1S/2C4H7NO.H4Si/c2*1-3(2)4(5)6;/h2*1H2,2H3,(H2,5,6);1H4. The molecule has 13 heavy (non-hydrogen) atoms. The summed E-state index contributed by atoms with van der Waals surface area (Å²) in [6.07, 6.45) is 0. The fourth-order valence-corrected chi connectivity index (χ4v) is 0. The Kier molecular flexibility index (Phi) is 11.9. The zero-order valence-corrected chi connectivity index (χ0v) is 7.39. The van der Waals surface area contributed by atoms with E-state index >= 15 is 0 Å². The largest absolute Gasteiger partial charge is 0.366 e. The van der Waals surface area contributed by atoms with Crippen molar-refractivity contribution in [1.82, 2.24) is 0 Å². The zero-order chi connectivity index (χ0) is 10.3. The lowest BCUT2D eigenvalue weighted by molar-refractivity contribution is -0.115. The quantitative estimate of drug-likeness (QED) is 0.428. The minimum Gasteiger partial charge on any atom is -0.366 e. The molecule has 0 aromatic carbocycles. The van der Waals surface area contributed by atoms with Crippen LogP contribution in [0.5, 0.6) is 0 Å². The number of carbonyl (C=O) groups excluding carboxylic acids is 2. The highest BCUT2D eigenvalue weighted by Crippen LogP contribution is 1.78. The van der Waals surface area contributed by atoms with Crippen LogP contribution in [0.4, 0.5) is 0 Å². The monoisotopic (exact) mass is 202 g/mol. The van der Waals surface area contributed by atoms with Crippen LogP contribution in [0.2, 0.25) is 0 Å². The van der Waals surface area contributed by atoms with Gasteiger partial charge in [0.2, 0.25) is 11.8 Å².